The number of ether oxygens (including phenoxy) is 3. The van der Waals surface area contributed by atoms with Gasteiger partial charge in [0.15, 0.2) is 0 Å². The largest absolute Gasteiger partial charge is 0.450 e. The number of nitrogens with zero attached hydrogens (tertiary/aromatic N) is 2. The van der Waals surface area contributed by atoms with Crippen LogP contribution in [0.25, 0.3) is 0 Å². The molecule has 0 radical (unpaired) electrons. The molecule has 12 nitrogen and oxygen atoms in total. The van der Waals surface area contributed by atoms with E-state index in [9.17, 15) is 28.8 Å². The number of benzene rings is 3. The van der Waals surface area contributed by atoms with Crippen LogP contribution < -0.4 is 5.32 Å². The predicted octanol–water partition coefficient (Wildman–Crippen LogP) is 3.63. The number of likely N-dealkylation sites (N-methyl/N-ethyl adjacent to an activating group) is 2. The second kappa shape index (κ2) is 16.1. The minimum atomic E-state index is -1.15. The number of esters is 3. The van der Waals surface area contributed by atoms with Gasteiger partial charge in [-0.05, 0) is 23.3 Å². The smallest absolute Gasteiger partial charge is 0.304 e. The van der Waals surface area contributed by atoms with Crippen molar-refractivity contribution in [3.63, 3.8) is 0 Å². The lowest BCUT2D eigenvalue weighted by Gasteiger charge is -2.50. The summed E-state index contributed by atoms with van der Waals surface area (Å²) >= 11 is 1.27. The first-order valence-corrected chi connectivity index (χ1v) is 16.7. The Hall–Kier alpha value is -4.74. The molecular formula is C35H38N3O9PS. The molecule has 0 saturated carbocycles. The van der Waals surface area contributed by atoms with Crippen molar-refractivity contribution < 1.29 is 43.0 Å². The molecule has 3 aromatic rings. The van der Waals surface area contributed by atoms with Gasteiger partial charge in [-0.2, -0.15) is 0 Å². The van der Waals surface area contributed by atoms with Crippen molar-refractivity contribution in [2.24, 2.45) is 0 Å². The van der Waals surface area contributed by atoms with E-state index < -0.39 is 35.0 Å². The molecule has 0 bridgehead atoms. The summed E-state index contributed by atoms with van der Waals surface area (Å²) in [5.74, 6) is -2.11. The van der Waals surface area contributed by atoms with E-state index in [0.717, 1.165) is 16.0 Å². The topological polar surface area (TPSA) is 149 Å². The number of carbonyl (C=O) groups is 6. The molecule has 1 unspecified atom stereocenters. The van der Waals surface area contributed by atoms with Gasteiger partial charge < -0.3 is 29.3 Å². The summed E-state index contributed by atoms with van der Waals surface area (Å²) in [4.78, 5) is 70.5. The SMILES string of the molecule is CC(=O)O[C@@]1(Sc2ccccc2)C(=O)N(C)[C@H]1P.CC(=O)O[C@H]1C(=O)N(C)[C@H]1c1ccccc1.CC(=O)O[C@H]1C(=O)N[C@H]1c1ccccc1. The highest BCUT2D eigenvalue weighted by atomic mass is 32.2. The molecule has 0 spiro atoms. The van der Waals surface area contributed by atoms with Crippen molar-refractivity contribution in [3.8, 4) is 0 Å². The number of likely N-dealkylation sites (tertiary alicyclic amines) is 2. The van der Waals surface area contributed by atoms with E-state index >= 15 is 0 Å². The fourth-order valence-corrected chi connectivity index (χ4v) is 7.18. The minimum Gasteiger partial charge on any atom is -0.450 e. The minimum absolute atomic E-state index is 0.149. The Balaban J connectivity index is 0.000000166. The number of hydrogen-bond donors (Lipinski definition) is 1. The molecule has 14 heteroatoms. The van der Waals surface area contributed by atoms with Crippen LogP contribution in [0.3, 0.4) is 0 Å². The number of hydrogen-bond acceptors (Lipinski definition) is 10. The van der Waals surface area contributed by atoms with Crippen LogP contribution in [0.2, 0.25) is 0 Å². The van der Waals surface area contributed by atoms with Gasteiger partial charge in [0.2, 0.25) is 12.2 Å². The van der Waals surface area contributed by atoms with Crippen molar-refractivity contribution in [2.75, 3.05) is 14.1 Å². The van der Waals surface area contributed by atoms with Crippen molar-refractivity contribution in [3.05, 3.63) is 102 Å². The third-order valence-corrected chi connectivity index (χ3v) is 10.2. The number of thioether (sulfide) groups is 1. The van der Waals surface area contributed by atoms with E-state index in [2.05, 4.69) is 14.6 Å². The van der Waals surface area contributed by atoms with Gasteiger partial charge in [-0.3, -0.25) is 28.8 Å². The van der Waals surface area contributed by atoms with Gasteiger partial charge in [0.25, 0.3) is 22.7 Å². The first-order valence-electron chi connectivity index (χ1n) is 15.2. The Bertz CT molecular complexity index is 1680. The Morgan fingerprint density at radius 1 is 0.714 bits per heavy atom. The highest BCUT2D eigenvalue weighted by molar-refractivity contribution is 8.01. The molecule has 3 amide bonds. The van der Waals surface area contributed by atoms with Crippen LogP contribution in [0, 0.1) is 0 Å². The summed E-state index contributed by atoms with van der Waals surface area (Å²) < 4.78 is 15.2. The molecular weight excluding hydrogens is 669 g/mol. The molecule has 3 aromatic carbocycles. The van der Waals surface area contributed by atoms with E-state index in [1.165, 1.54) is 32.5 Å². The van der Waals surface area contributed by atoms with Gasteiger partial charge in [-0.1, -0.05) is 90.6 Å². The lowest BCUT2D eigenvalue weighted by Crippen LogP contribution is -2.69. The standard InChI is InChI=1S/C12H14NO3PS.C12H13NO3.C11H11NO3/c1-8(14)16-12(10(15)13(2)11(12)17)18-9-6-4-3-5-7-9;1-8(14)16-11-10(13(2)12(11)15)9-6-4-3-5-7-9;1-7(13)15-10-9(12-11(10)14)8-5-3-2-4-6-8/h3-7,11H,17H2,1-2H3;3-7,10-11H,1-2H3;2-6,9-10H,1H3,(H,12,14)/t11-,12+;10-,11+;9-,10+/m000/s1. The fraction of sp³-hybridized carbons (Fsp3) is 0.314. The predicted molar refractivity (Wildman–Crippen MR) is 183 cm³/mol. The van der Waals surface area contributed by atoms with Crippen LogP contribution >= 0.6 is 21.0 Å². The highest BCUT2D eigenvalue weighted by Crippen LogP contribution is 2.49. The maximum Gasteiger partial charge on any atom is 0.304 e. The molecule has 49 heavy (non-hydrogen) atoms. The quantitative estimate of drug-likeness (QED) is 0.127. The van der Waals surface area contributed by atoms with E-state index in [0.29, 0.717) is 0 Å². The molecule has 3 heterocycles. The highest BCUT2D eigenvalue weighted by Gasteiger charge is 2.61. The van der Waals surface area contributed by atoms with Gasteiger partial charge >= 0.3 is 17.9 Å². The monoisotopic (exact) mass is 707 g/mol. The van der Waals surface area contributed by atoms with Gasteiger partial charge in [-0.25, -0.2) is 0 Å². The van der Waals surface area contributed by atoms with Gasteiger partial charge in [0, 0.05) is 39.8 Å². The zero-order chi connectivity index (χ0) is 35.9. The van der Waals surface area contributed by atoms with Crippen molar-refractivity contribution in [1.29, 1.82) is 0 Å². The van der Waals surface area contributed by atoms with Crippen molar-refractivity contribution in [1.82, 2.24) is 15.1 Å². The summed E-state index contributed by atoms with van der Waals surface area (Å²) in [6.07, 6.45) is -1.34. The normalized spacial score (nSPS) is 24.9. The molecule has 3 fully saturated rings. The van der Waals surface area contributed by atoms with Crippen LogP contribution in [0.15, 0.2) is 95.9 Å². The molecule has 0 aromatic heterocycles. The van der Waals surface area contributed by atoms with Crippen LogP contribution in [0.1, 0.15) is 44.0 Å². The average Bonchev–Trinajstić information content (AvgIpc) is 3.09. The van der Waals surface area contributed by atoms with Gasteiger partial charge in [0.05, 0.1) is 0 Å². The fourth-order valence-electron chi connectivity index (χ4n) is 5.31. The number of amides is 3. The summed E-state index contributed by atoms with van der Waals surface area (Å²) in [7, 11) is 5.94. The molecule has 3 aliphatic heterocycles. The zero-order valence-electron chi connectivity index (χ0n) is 27.6. The van der Waals surface area contributed by atoms with E-state index in [1.54, 1.807) is 23.9 Å². The first-order chi connectivity index (χ1) is 23.3. The number of nitrogens with one attached hydrogen (secondary N) is 1. The lowest BCUT2D eigenvalue weighted by atomic mass is 9.91. The molecule has 6 rings (SSSR count). The van der Waals surface area contributed by atoms with Crippen molar-refractivity contribution in [2.45, 2.75) is 60.7 Å². The maximum atomic E-state index is 12.0. The Morgan fingerprint density at radius 3 is 1.67 bits per heavy atom. The summed E-state index contributed by atoms with van der Waals surface area (Å²) in [5.41, 5.74) is 1.93. The molecule has 3 aliphatic rings. The molecule has 0 aliphatic carbocycles. The Labute approximate surface area is 291 Å². The summed E-state index contributed by atoms with van der Waals surface area (Å²) in [6, 6.07) is 28.1. The lowest BCUT2D eigenvalue weighted by molar-refractivity contribution is -0.180. The third kappa shape index (κ3) is 8.47. The number of β-lactam (4-membered cyclic amide) rings is 3. The molecule has 258 valence electrons. The third-order valence-electron chi connectivity index (χ3n) is 7.77. The van der Waals surface area contributed by atoms with Crippen LogP contribution in [0.5, 0.6) is 0 Å². The van der Waals surface area contributed by atoms with E-state index in [4.69, 9.17) is 14.2 Å². The second-order valence-electron chi connectivity index (χ2n) is 11.3. The van der Waals surface area contributed by atoms with E-state index in [-0.39, 0.29) is 35.6 Å². The van der Waals surface area contributed by atoms with E-state index in [1.807, 2.05) is 91.0 Å². The number of rotatable bonds is 7. The average molecular weight is 708 g/mol. The first kappa shape index (κ1) is 37.1. The van der Waals surface area contributed by atoms with Crippen LogP contribution in [0.4, 0.5) is 0 Å². The number of carbonyl (C=O) groups excluding carboxylic acids is 6. The Kier molecular flexibility index (Phi) is 12.2. The Morgan fingerprint density at radius 2 is 1.20 bits per heavy atom. The summed E-state index contributed by atoms with van der Waals surface area (Å²) in [6.45, 7) is 3.93. The van der Waals surface area contributed by atoms with Gasteiger partial charge in [0.1, 0.15) is 17.9 Å². The van der Waals surface area contributed by atoms with Gasteiger partial charge in [-0.15, -0.1) is 9.24 Å². The maximum absolute atomic E-state index is 12.0. The van der Waals surface area contributed by atoms with Crippen LogP contribution in [-0.2, 0) is 43.0 Å². The van der Waals surface area contributed by atoms with Crippen LogP contribution in [-0.4, -0.2) is 82.4 Å². The second-order valence-corrected chi connectivity index (χ2v) is 13.2. The molecule has 3 saturated heterocycles. The van der Waals surface area contributed by atoms with Crippen molar-refractivity contribution >= 4 is 56.6 Å². The summed E-state index contributed by atoms with van der Waals surface area (Å²) in [5, 5.41) is 2.70. The zero-order valence-corrected chi connectivity index (χ0v) is 29.6. The molecule has 1 N–H and O–H groups in total. The molecule has 7 atom stereocenters.